The number of amides is 1. The third-order valence-corrected chi connectivity index (χ3v) is 11.2. The Balaban J connectivity index is 1.48. The highest BCUT2D eigenvalue weighted by Crippen LogP contribution is 2.50. The van der Waals surface area contributed by atoms with Crippen molar-refractivity contribution in [3.8, 4) is 11.1 Å². The van der Waals surface area contributed by atoms with Gasteiger partial charge in [0.05, 0.1) is 28.8 Å². The molecule has 1 aromatic heterocycles. The van der Waals surface area contributed by atoms with Crippen LogP contribution in [0.2, 0.25) is 5.02 Å². The molecule has 8 nitrogen and oxygen atoms in total. The summed E-state index contributed by atoms with van der Waals surface area (Å²) in [5, 5.41) is -0.458. The molecule has 250 valence electrons. The highest BCUT2D eigenvalue weighted by atomic mass is 35.5. The van der Waals surface area contributed by atoms with Crippen LogP contribution in [0.15, 0.2) is 40.5 Å². The van der Waals surface area contributed by atoms with Gasteiger partial charge in [0, 0.05) is 83.6 Å². The van der Waals surface area contributed by atoms with Crippen molar-refractivity contribution in [1.82, 2.24) is 19.4 Å². The predicted molar refractivity (Wildman–Crippen MR) is 169 cm³/mol. The normalized spacial score (nSPS) is 26.3. The lowest BCUT2D eigenvalue weighted by Crippen LogP contribution is -2.58. The second-order valence-electron chi connectivity index (χ2n) is 12.7. The molecule has 3 fully saturated rings. The van der Waals surface area contributed by atoms with Gasteiger partial charge < -0.3 is 14.5 Å². The number of fused-ring (bicyclic) bond motifs is 2. The number of morpholine rings is 1. The molecule has 0 spiro atoms. The molecule has 0 N–H and O–H groups in total. The molecule has 4 aliphatic rings. The van der Waals surface area contributed by atoms with E-state index in [4.69, 9.17) is 16.3 Å². The highest BCUT2D eigenvalue weighted by molar-refractivity contribution is 7.99. The standard InChI is InChI=1S/C32H31ClF5N5O3S/c1-4-26(44)43-15(2)9-40(10-16(43)3)30-21-6-22(32(36,37)38)27(20-7-23(33)25(35)8-24(20)34)29-28(21)42(31(45)39-30)11-18(14-47-29)41-12-19-5-17(41)13-46-19/h4,6-8,15-19H,1,5,9-14H2,2-3H3/t15-,16+,17-,18?,19-/m0/s1. The van der Waals surface area contributed by atoms with Gasteiger partial charge in [-0.1, -0.05) is 18.2 Å². The van der Waals surface area contributed by atoms with Crippen LogP contribution in [0.3, 0.4) is 0 Å². The van der Waals surface area contributed by atoms with E-state index in [9.17, 15) is 14.0 Å². The van der Waals surface area contributed by atoms with E-state index < -0.39 is 45.2 Å². The van der Waals surface area contributed by atoms with Crippen LogP contribution in [-0.2, 0) is 22.3 Å². The van der Waals surface area contributed by atoms with Crippen molar-refractivity contribution in [3.63, 3.8) is 0 Å². The first-order chi connectivity index (χ1) is 22.3. The van der Waals surface area contributed by atoms with E-state index in [1.165, 1.54) is 10.6 Å². The second kappa shape index (κ2) is 11.7. The van der Waals surface area contributed by atoms with Crippen LogP contribution >= 0.6 is 23.4 Å². The van der Waals surface area contributed by atoms with E-state index in [1.807, 2.05) is 0 Å². The van der Waals surface area contributed by atoms with Gasteiger partial charge in [-0.25, -0.2) is 13.6 Å². The van der Waals surface area contributed by atoms with Crippen LogP contribution < -0.4 is 10.6 Å². The van der Waals surface area contributed by atoms with Crippen molar-refractivity contribution in [3.05, 3.63) is 63.6 Å². The minimum Gasteiger partial charge on any atom is -0.375 e. The summed E-state index contributed by atoms with van der Waals surface area (Å²) < 4.78 is 82.1. The lowest BCUT2D eigenvalue weighted by atomic mass is 9.95. The SMILES string of the molecule is C=CC(=O)N1[C@H](C)CN(c2nc(=O)n3c4c(c(-c5cc(Cl)c(F)cc5F)c(C(F)(F)F)cc24)SCC(N2C[C@@H]4C[C@H]2CO4)C3)C[C@@H]1C. The van der Waals surface area contributed by atoms with E-state index in [2.05, 4.69) is 16.5 Å². The Labute approximate surface area is 276 Å². The number of rotatable bonds is 4. The Morgan fingerprint density at radius 3 is 2.43 bits per heavy atom. The number of anilines is 1. The molecule has 2 aromatic carbocycles. The monoisotopic (exact) mass is 695 g/mol. The fourth-order valence-electron chi connectivity index (χ4n) is 7.70. The number of carbonyl (C=O) groups excluding carboxylic acids is 1. The molecule has 47 heavy (non-hydrogen) atoms. The van der Waals surface area contributed by atoms with E-state index in [-0.39, 0.29) is 77.4 Å². The molecule has 1 amide bonds. The average Bonchev–Trinajstić information content (AvgIpc) is 3.58. The minimum atomic E-state index is -4.97. The number of hydrogen-bond acceptors (Lipinski definition) is 7. The third kappa shape index (κ3) is 5.41. The Kier molecular flexibility index (Phi) is 8.08. The summed E-state index contributed by atoms with van der Waals surface area (Å²) in [5.74, 6) is -2.24. The summed E-state index contributed by atoms with van der Waals surface area (Å²) in [4.78, 5) is 36.6. The summed E-state index contributed by atoms with van der Waals surface area (Å²) >= 11 is 7.12. The Morgan fingerprint density at radius 2 is 1.81 bits per heavy atom. The zero-order valence-electron chi connectivity index (χ0n) is 25.5. The number of piperazine rings is 1. The van der Waals surface area contributed by atoms with Crippen LogP contribution in [0.25, 0.3) is 22.0 Å². The molecule has 3 aromatic rings. The molecule has 15 heteroatoms. The molecule has 0 saturated carbocycles. The number of hydrogen-bond donors (Lipinski definition) is 0. The Hall–Kier alpha value is -3.20. The predicted octanol–water partition coefficient (Wildman–Crippen LogP) is 5.57. The molecular formula is C32H31ClF5N5O3S. The lowest BCUT2D eigenvalue weighted by Gasteiger charge is -2.44. The lowest BCUT2D eigenvalue weighted by molar-refractivity contribution is -0.137. The van der Waals surface area contributed by atoms with Gasteiger partial charge in [-0.2, -0.15) is 18.2 Å². The molecule has 5 atom stereocenters. The largest absolute Gasteiger partial charge is 0.417 e. The molecule has 5 heterocycles. The van der Waals surface area contributed by atoms with Gasteiger partial charge in [0.25, 0.3) is 0 Å². The van der Waals surface area contributed by atoms with Gasteiger partial charge in [0.15, 0.2) is 0 Å². The van der Waals surface area contributed by atoms with Crippen LogP contribution in [-0.4, -0.2) is 87.5 Å². The van der Waals surface area contributed by atoms with Gasteiger partial charge in [0.1, 0.15) is 17.5 Å². The molecule has 2 bridgehead atoms. The summed E-state index contributed by atoms with van der Waals surface area (Å²) in [6.45, 7) is 8.88. The molecule has 4 aliphatic heterocycles. The van der Waals surface area contributed by atoms with Crippen LogP contribution in [0.5, 0.6) is 0 Å². The zero-order chi connectivity index (χ0) is 33.5. The summed E-state index contributed by atoms with van der Waals surface area (Å²) in [5.41, 5.74) is -2.64. The van der Waals surface area contributed by atoms with Crippen molar-refractivity contribution in [2.45, 2.75) is 68.2 Å². The first-order valence-electron chi connectivity index (χ1n) is 15.3. The zero-order valence-corrected chi connectivity index (χ0v) is 27.1. The van der Waals surface area contributed by atoms with E-state index >= 15 is 17.6 Å². The van der Waals surface area contributed by atoms with Gasteiger partial charge in [-0.3, -0.25) is 14.3 Å². The van der Waals surface area contributed by atoms with Gasteiger partial charge in [-0.05, 0) is 38.5 Å². The van der Waals surface area contributed by atoms with Crippen molar-refractivity contribution in [2.24, 2.45) is 0 Å². The fourth-order valence-corrected chi connectivity index (χ4v) is 9.25. The Morgan fingerprint density at radius 1 is 1.09 bits per heavy atom. The number of carbonyl (C=O) groups is 1. The Bertz CT molecular complexity index is 1860. The van der Waals surface area contributed by atoms with Crippen LogP contribution in [0.4, 0.5) is 27.8 Å². The molecule has 0 aliphatic carbocycles. The average molecular weight is 696 g/mol. The maximum Gasteiger partial charge on any atom is 0.417 e. The molecule has 0 radical (unpaired) electrons. The number of benzene rings is 2. The van der Waals surface area contributed by atoms with E-state index in [0.29, 0.717) is 25.0 Å². The number of halogens is 6. The highest BCUT2D eigenvalue weighted by Gasteiger charge is 2.45. The van der Waals surface area contributed by atoms with Gasteiger partial charge in [0.2, 0.25) is 5.91 Å². The van der Waals surface area contributed by atoms with Crippen molar-refractivity contribution in [1.29, 1.82) is 0 Å². The number of likely N-dealkylation sites (tertiary alicyclic amines) is 1. The molecular weight excluding hydrogens is 665 g/mol. The summed E-state index contributed by atoms with van der Waals surface area (Å²) in [6, 6.07) is 1.36. The number of thioether (sulfide) groups is 1. The van der Waals surface area contributed by atoms with E-state index in [1.54, 1.807) is 23.6 Å². The maximum absolute atomic E-state index is 15.5. The maximum atomic E-state index is 15.5. The third-order valence-electron chi connectivity index (χ3n) is 9.66. The van der Waals surface area contributed by atoms with Crippen LogP contribution in [0, 0.1) is 11.6 Å². The molecule has 3 saturated heterocycles. The summed E-state index contributed by atoms with van der Waals surface area (Å²) in [7, 11) is 0. The minimum absolute atomic E-state index is 0.0434. The topological polar surface area (TPSA) is 70.9 Å². The number of alkyl halides is 3. The van der Waals surface area contributed by atoms with Crippen molar-refractivity contribution >= 4 is 46.0 Å². The van der Waals surface area contributed by atoms with Gasteiger partial charge >= 0.3 is 11.9 Å². The summed E-state index contributed by atoms with van der Waals surface area (Å²) in [6.07, 6.45) is -2.89. The van der Waals surface area contributed by atoms with Crippen molar-refractivity contribution in [2.75, 3.05) is 36.9 Å². The smallest absolute Gasteiger partial charge is 0.375 e. The fraction of sp³-hybridized carbons (Fsp3) is 0.469. The number of nitrogens with zero attached hydrogens (tertiary/aromatic N) is 5. The van der Waals surface area contributed by atoms with Gasteiger partial charge in [-0.15, -0.1) is 11.8 Å². The quantitative estimate of drug-likeness (QED) is 0.201. The van der Waals surface area contributed by atoms with E-state index in [0.717, 1.165) is 30.3 Å². The first-order valence-corrected chi connectivity index (χ1v) is 16.7. The molecule has 1 unspecified atom stereocenters. The first kappa shape index (κ1) is 32.4. The second-order valence-corrected chi connectivity index (χ2v) is 14.1. The number of ether oxygens (including phenoxy) is 1. The molecule has 7 rings (SSSR count). The van der Waals surface area contributed by atoms with Crippen molar-refractivity contribution < 1.29 is 31.5 Å². The van der Waals surface area contributed by atoms with Crippen LogP contribution in [0.1, 0.15) is 25.8 Å². The number of aromatic nitrogens is 2.